The number of likely N-dealkylation sites (tertiary alicyclic amines) is 1. The number of sulfonamides is 1. The molecule has 0 saturated carbocycles. The van der Waals surface area contributed by atoms with E-state index >= 15 is 0 Å². The maximum absolute atomic E-state index is 14.4. The normalized spacial score (nSPS) is 17.4. The van der Waals surface area contributed by atoms with Gasteiger partial charge in [0.1, 0.15) is 36.0 Å². The molecule has 1 aliphatic rings. The van der Waals surface area contributed by atoms with Crippen LogP contribution in [0.4, 0.5) is 8.78 Å². The number of benzene rings is 2. The first-order chi connectivity index (χ1) is 18.3. The Hall–Kier alpha value is -3.62. The Labute approximate surface area is 226 Å². The van der Waals surface area contributed by atoms with E-state index in [4.69, 9.17) is 21.5 Å². The van der Waals surface area contributed by atoms with Crippen molar-refractivity contribution in [3.8, 4) is 5.75 Å². The smallest absolute Gasteiger partial charge is 0.245 e. The van der Waals surface area contributed by atoms with Crippen LogP contribution < -0.4 is 15.2 Å². The molecule has 0 aliphatic carbocycles. The summed E-state index contributed by atoms with van der Waals surface area (Å²) in [5, 5.41) is 12.0. The predicted octanol–water partition coefficient (Wildman–Crippen LogP) is 1.91. The molecule has 0 radical (unpaired) electrons. The molecule has 3 N–H and O–H groups in total. The van der Waals surface area contributed by atoms with Crippen LogP contribution in [0.25, 0.3) is 10.9 Å². The van der Waals surface area contributed by atoms with Crippen LogP contribution in [0, 0.1) is 5.82 Å². The van der Waals surface area contributed by atoms with Crippen molar-refractivity contribution < 1.29 is 36.3 Å². The number of nitrogens with zero attached hydrogens (tertiary/aromatic N) is 3. The molecule has 2 aromatic carbocycles. The number of hydrogen-bond acceptors (Lipinski definition) is 7. The lowest BCUT2D eigenvalue weighted by molar-refractivity contribution is -0.139. The lowest BCUT2D eigenvalue weighted by Gasteiger charge is -2.24. The first-order valence-electron chi connectivity index (χ1n) is 11.6. The number of alkyl halides is 1. The van der Waals surface area contributed by atoms with E-state index in [0.717, 1.165) is 4.90 Å². The Morgan fingerprint density at radius 2 is 2.00 bits per heavy atom. The van der Waals surface area contributed by atoms with E-state index in [1.807, 2.05) is 0 Å². The van der Waals surface area contributed by atoms with Gasteiger partial charge in [0.05, 0.1) is 17.1 Å². The van der Waals surface area contributed by atoms with Crippen LogP contribution in [0.1, 0.15) is 29.4 Å². The van der Waals surface area contributed by atoms with Crippen molar-refractivity contribution in [2.75, 3.05) is 12.5 Å². The molecule has 2 atom stereocenters. The fourth-order valence-electron chi connectivity index (χ4n) is 4.29. The van der Waals surface area contributed by atoms with E-state index in [1.165, 1.54) is 48.0 Å². The van der Waals surface area contributed by atoms with Crippen LogP contribution in [0.15, 0.2) is 36.4 Å². The third kappa shape index (κ3) is 6.52. The van der Waals surface area contributed by atoms with Gasteiger partial charge in [-0.25, -0.2) is 22.3 Å². The standard InChI is InChI=1S/C24H24ClF2N5O6S/c1-13(33)23-17-6-5-16(38-12-39(28,36)37)8-19(17)32(30-23)11-21(34)31-10-15(26)7-20(31)24(35)29-9-14-3-2-4-18(25)22(14)27/h2-6,8,15,20H,7,9-12H2,1H3,(H,29,35)(H2,28,36,37)/t15-,20+/m1/s1. The van der Waals surface area contributed by atoms with Gasteiger partial charge < -0.3 is 15.0 Å². The number of fused-ring (bicyclic) bond motifs is 1. The highest BCUT2D eigenvalue weighted by atomic mass is 35.5. The number of carbonyl (C=O) groups excluding carboxylic acids is 3. The Morgan fingerprint density at radius 1 is 1.26 bits per heavy atom. The quantitative estimate of drug-likeness (QED) is 0.365. The average molecular weight is 584 g/mol. The summed E-state index contributed by atoms with van der Waals surface area (Å²) in [6.07, 6.45) is -1.72. The SMILES string of the molecule is CC(=O)c1nn(CC(=O)N2C[C@H](F)C[C@H]2C(=O)NCc2cccc(Cl)c2F)c2cc(OCS(N)(=O)=O)ccc12. The van der Waals surface area contributed by atoms with E-state index in [2.05, 4.69) is 10.4 Å². The molecule has 0 spiro atoms. The predicted molar refractivity (Wildman–Crippen MR) is 137 cm³/mol. The fraction of sp³-hybridized carbons (Fsp3) is 0.333. The van der Waals surface area contributed by atoms with Crippen molar-refractivity contribution in [2.45, 2.75) is 38.6 Å². The topological polar surface area (TPSA) is 154 Å². The van der Waals surface area contributed by atoms with Crippen molar-refractivity contribution in [2.24, 2.45) is 5.14 Å². The van der Waals surface area contributed by atoms with Gasteiger partial charge in [0.15, 0.2) is 5.78 Å². The molecule has 2 heterocycles. The van der Waals surface area contributed by atoms with Crippen molar-refractivity contribution in [3.63, 3.8) is 0 Å². The number of nitrogens with two attached hydrogens (primary N) is 1. The number of Topliss-reactive ketones (excluding diaryl/α,β-unsaturated/α-hetero) is 1. The van der Waals surface area contributed by atoms with Crippen LogP contribution in [-0.4, -0.2) is 65.4 Å². The number of ketones is 1. The Kier molecular flexibility index (Phi) is 8.18. The number of nitrogens with one attached hydrogen (secondary N) is 1. The minimum atomic E-state index is -3.93. The van der Waals surface area contributed by atoms with Crippen molar-refractivity contribution in [3.05, 3.63) is 58.5 Å². The van der Waals surface area contributed by atoms with Crippen LogP contribution in [0.2, 0.25) is 5.02 Å². The molecular formula is C24H24ClF2N5O6S. The van der Waals surface area contributed by atoms with Gasteiger partial charge >= 0.3 is 0 Å². The molecule has 15 heteroatoms. The van der Waals surface area contributed by atoms with Gasteiger partial charge in [-0.3, -0.25) is 19.1 Å². The van der Waals surface area contributed by atoms with Crippen LogP contribution in [0.3, 0.4) is 0 Å². The zero-order chi connectivity index (χ0) is 28.5. The van der Waals surface area contributed by atoms with Crippen LogP contribution >= 0.6 is 11.6 Å². The number of amides is 2. The molecule has 0 bridgehead atoms. The molecule has 1 aromatic heterocycles. The second-order valence-corrected chi connectivity index (χ2v) is 11.0. The second kappa shape index (κ2) is 11.2. The molecule has 208 valence electrons. The third-order valence-corrected chi connectivity index (χ3v) is 6.83. The number of rotatable bonds is 9. The summed E-state index contributed by atoms with van der Waals surface area (Å²) in [7, 11) is -3.93. The zero-order valence-electron chi connectivity index (χ0n) is 20.6. The fourth-order valence-corrected chi connectivity index (χ4v) is 4.78. The van der Waals surface area contributed by atoms with Gasteiger partial charge in [0.2, 0.25) is 27.8 Å². The molecule has 3 aromatic rings. The van der Waals surface area contributed by atoms with Gasteiger partial charge in [-0.2, -0.15) is 5.10 Å². The van der Waals surface area contributed by atoms with Gasteiger partial charge in [-0.05, 0) is 18.2 Å². The monoisotopic (exact) mass is 583 g/mol. The van der Waals surface area contributed by atoms with Crippen LogP contribution in [0.5, 0.6) is 5.75 Å². The third-order valence-electron chi connectivity index (χ3n) is 6.09. The van der Waals surface area contributed by atoms with Gasteiger partial charge in [-0.1, -0.05) is 23.7 Å². The number of primary sulfonamides is 1. The largest absolute Gasteiger partial charge is 0.476 e. The zero-order valence-corrected chi connectivity index (χ0v) is 22.1. The number of halogens is 3. The summed E-state index contributed by atoms with van der Waals surface area (Å²) in [4.78, 5) is 39.3. The molecule has 1 saturated heterocycles. The van der Waals surface area contributed by atoms with Crippen molar-refractivity contribution in [1.29, 1.82) is 0 Å². The first-order valence-corrected chi connectivity index (χ1v) is 13.7. The summed E-state index contributed by atoms with van der Waals surface area (Å²) < 4.78 is 57.4. The maximum atomic E-state index is 14.4. The molecule has 4 rings (SSSR count). The molecule has 2 amide bonds. The number of carbonyl (C=O) groups is 3. The minimum Gasteiger partial charge on any atom is -0.476 e. The summed E-state index contributed by atoms with van der Waals surface area (Å²) in [6, 6.07) is 7.45. The van der Waals surface area contributed by atoms with Gasteiger partial charge in [0.25, 0.3) is 0 Å². The number of hydrogen-bond donors (Lipinski definition) is 2. The Morgan fingerprint density at radius 3 is 2.69 bits per heavy atom. The van der Waals surface area contributed by atoms with Crippen molar-refractivity contribution >= 4 is 50.1 Å². The van der Waals surface area contributed by atoms with Crippen molar-refractivity contribution in [1.82, 2.24) is 20.0 Å². The maximum Gasteiger partial charge on any atom is 0.245 e. The number of aromatic nitrogens is 2. The lowest BCUT2D eigenvalue weighted by Crippen LogP contribution is -2.46. The summed E-state index contributed by atoms with van der Waals surface area (Å²) in [6.45, 7) is 0.274. The minimum absolute atomic E-state index is 0.0541. The van der Waals surface area contributed by atoms with E-state index in [9.17, 15) is 31.6 Å². The second-order valence-electron chi connectivity index (χ2n) is 8.99. The lowest BCUT2D eigenvalue weighted by atomic mass is 10.1. The molecule has 1 aliphatic heterocycles. The first kappa shape index (κ1) is 28.4. The van der Waals surface area contributed by atoms with Gasteiger partial charge in [-0.15, -0.1) is 0 Å². The molecule has 1 fully saturated rings. The highest BCUT2D eigenvalue weighted by Gasteiger charge is 2.40. The summed E-state index contributed by atoms with van der Waals surface area (Å²) >= 11 is 5.77. The number of ether oxygens (including phenoxy) is 1. The van der Waals surface area contributed by atoms with E-state index < -0.39 is 52.4 Å². The Bertz CT molecular complexity index is 1560. The Balaban J connectivity index is 1.54. The van der Waals surface area contributed by atoms with E-state index in [0.29, 0.717) is 5.39 Å². The molecule has 0 unspecified atom stereocenters. The van der Waals surface area contributed by atoms with E-state index in [1.54, 1.807) is 0 Å². The van der Waals surface area contributed by atoms with Crippen LogP contribution in [-0.2, 0) is 32.7 Å². The average Bonchev–Trinajstić information content (AvgIpc) is 3.43. The highest BCUT2D eigenvalue weighted by Crippen LogP contribution is 2.26. The molecular weight excluding hydrogens is 560 g/mol. The molecule has 11 nitrogen and oxygen atoms in total. The summed E-state index contributed by atoms with van der Waals surface area (Å²) in [5.41, 5.74) is 0.455. The van der Waals surface area contributed by atoms with E-state index in [-0.39, 0.29) is 52.8 Å². The highest BCUT2D eigenvalue weighted by molar-refractivity contribution is 7.88. The molecule has 39 heavy (non-hydrogen) atoms. The van der Waals surface area contributed by atoms with Gasteiger partial charge in [0, 0.05) is 36.9 Å². The summed E-state index contributed by atoms with van der Waals surface area (Å²) in [5.74, 6) is -3.11.